The molecule has 16 heavy (non-hydrogen) atoms. The van der Waals surface area contributed by atoms with E-state index < -0.39 is 0 Å². The van der Waals surface area contributed by atoms with Gasteiger partial charge < -0.3 is 14.8 Å². The predicted octanol–water partition coefficient (Wildman–Crippen LogP) is 2.60. The van der Waals surface area contributed by atoms with Gasteiger partial charge in [-0.3, -0.25) is 0 Å². The number of hydrogen-bond acceptors (Lipinski definition) is 3. The van der Waals surface area contributed by atoms with Crippen LogP contribution < -0.4 is 5.32 Å². The van der Waals surface area contributed by atoms with E-state index in [0.29, 0.717) is 12.6 Å². The van der Waals surface area contributed by atoms with Gasteiger partial charge in [-0.2, -0.15) is 0 Å². The van der Waals surface area contributed by atoms with Crippen LogP contribution in [0.25, 0.3) is 0 Å². The molecule has 0 aromatic heterocycles. The molecule has 0 aliphatic rings. The predicted molar refractivity (Wildman–Crippen MR) is 68.9 cm³/mol. The molecule has 0 aliphatic heterocycles. The smallest absolute Gasteiger partial charge is 0.0781 e. The Morgan fingerprint density at radius 1 is 1.06 bits per heavy atom. The third-order valence-electron chi connectivity index (χ3n) is 2.46. The quantitative estimate of drug-likeness (QED) is 0.593. The Kier molecular flexibility index (Phi) is 11.3. The van der Waals surface area contributed by atoms with E-state index in [-0.39, 0.29) is 6.10 Å². The first-order valence-electron chi connectivity index (χ1n) is 6.67. The standard InChI is InChI=1S/C13H29NO2/c1-5-8-13(14-9-6-2)11-16-12(4)10-15-7-3/h12-14H,5-11H2,1-4H3. The second-order valence-electron chi connectivity index (χ2n) is 4.24. The number of hydrogen-bond donors (Lipinski definition) is 1. The van der Waals surface area contributed by atoms with Gasteiger partial charge >= 0.3 is 0 Å². The van der Waals surface area contributed by atoms with E-state index in [1.807, 2.05) is 6.92 Å². The van der Waals surface area contributed by atoms with Crippen LogP contribution in [0.3, 0.4) is 0 Å². The summed E-state index contributed by atoms with van der Waals surface area (Å²) in [4.78, 5) is 0. The molecule has 0 heterocycles. The van der Waals surface area contributed by atoms with E-state index in [1.165, 1.54) is 19.3 Å². The van der Waals surface area contributed by atoms with Gasteiger partial charge in [-0.1, -0.05) is 20.3 Å². The fraction of sp³-hybridized carbons (Fsp3) is 1.00. The zero-order chi connectivity index (χ0) is 12.2. The van der Waals surface area contributed by atoms with Crippen molar-refractivity contribution in [2.75, 3.05) is 26.4 Å². The molecule has 0 amide bonds. The summed E-state index contributed by atoms with van der Waals surface area (Å²) < 4.78 is 11.1. The van der Waals surface area contributed by atoms with Crippen molar-refractivity contribution in [3.05, 3.63) is 0 Å². The van der Waals surface area contributed by atoms with Crippen molar-refractivity contribution in [2.45, 2.75) is 59.1 Å². The van der Waals surface area contributed by atoms with Gasteiger partial charge in [0.15, 0.2) is 0 Å². The highest BCUT2D eigenvalue weighted by Crippen LogP contribution is 2.01. The van der Waals surface area contributed by atoms with Gasteiger partial charge in [0.1, 0.15) is 0 Å². The topological polar surface area (TPSA) is 30.5 Å². The first-order chi connectivity index (χ1) is 7.74. The lowest BCUT2D eigenvalue weighted by molar-refractivity contribution is -0.0121. The second-order valence-corrected chi connectivity index (χ2v) is 4.24. The third-order valence-corrected chi connectivity index (χ3v) is 2.46. The monoisotopic (exact) mass is 231 g/mol. The Bertz CT molecular complexity index is 142. The van der Waals surface area contributed by atoms with Crippen molar-refractivity contribution in [1.82, 2.24) is 5.32 Å². The number of ether oxygens (including phenoxy) is 2. The summed E-state index contributed by atoms with van der Waals surface area (Å²) >= 11 is 0. The summed E-state index contributed by atoms with van der Waals surface area (Å²) in [5.74, 6) is 0. The van der Waals surface area contributed by atoms with E-state index in [4.69, 9.17) is 9.47 Å². The van der Waals surface area contributed by atoms with E-state index in [9.17, 15) is 0 Å². The lowest BCUT2D eigenvalue weighted by Gasteiger charge is -2.20. The molecule has 2 atom stereocenters. The highest BCUT2D eigenvalue weighted by Gasteiger charge is 2.09. The second kappa shape index (κ2) is 11.4. The van der Waals surface area contributed by atoms with Gasteiger partial charge in [0.05, 0.1) is 19.3 Å². The van der Waals surface area contributed by atoms with Gasteiger partial charge in [-0.05, 0) is 33.2 Å². The van der Waals surface area contributed by atoms with Crippen LogP contribution in [-0.2, 0) is 9.47 Å². The minimum absolute atomic E-state index is 0.197. The first kappa shape index (κ1) is 15.9. The lowest BCUT2D eigenvalue weighted by Crippen LogP contribution is -2.35. The van der Waals surface area contributed by atoms with Crippen LogP contribution in [0.2, 0.25) is 0 Å². The average molecular weight is 231 g/mol. The molecule has 0 fully saturated rings. The summed E-state index contributed by atoms with van der Waals surface area (Å²) in [7, 11) is 0. The van der Waals surface area contributed by atoms with Gasteiger partial charge in [0.25, 0.3) is 0 Å². The summed E-state index contributed by atoms with van der Waals surface area (Å²) in [6, 6.07) is 0.494. The van der Waals surface area contributed by atoms with Crippen molar-refractivity contribution >= 4 is 0 Å². The maximum atomic E-state index is 5.77. The molecule has 0 aromatic carbocycles. The molecule has 0 aliphatic carbocycles. The number of rotatable bonds is 11. The van der Waals surface area contributed by atoms with Crippen molar-refractivity contribution in [3.63, 3.8) is 0 Å². The molecule has 0 rings (SSSR count). The molecular weight excluding hydrogens is 202 g/mol. The molecule has 3 nitrogen and oxygen atoms in total. The fourth-order valence-electron chi connectivity index (χ4n) is 1.55. The summed E-state index contributed by atoms with van der Waals surface area (Å²) in [5, 5.41) is 3.52. The van der Waals surface area contributed by atoms with E-state index in [2.05, 4.69) is 26.1 Å². The van der Waals surface area contributed by atoms with Gasteiger partial charge in [0, 0.05) is 12.6 Å². The molecular formula is C13H29NO2. The van der Waals surface area contributed by atoms with Crippen molar-refractivity contribution in [2.24, 2.45) is 0 Å². The average Bonchev–Trinajstić information content (AvgIpc) is 2.30. The molecule has 0 bridgehead atoms. The van der Waals surface area contributed by atoms with E-state index in [1.54, 1.807) is 0 Å². The van der Waals surface area contributed by atoms with Crippen molar-refractivity contribution in [3.8, 4) is 0 Å². The van der Waals surface area contributed by atoms with Crippen LogP contribution in [0.15, 0.2) is 0 Å². The molecule has 1 N–H and O–H groups in total. The summed E-state index contributed by atoms with van der Waals surface area (Å²) in [6.45, 7) is 11.8. The Hall–Kier alpha value is -0.120. The lowest BCUT2D eigenvalue weighted by atomic mass is 10.2. The van der Waals surface area contributed by atoms with Crippen molar-refractivity contribution in [1.29, 1.82) is 0 Å². The Morgan fingerprint density at radius 3 is 2.38 bits per heavy atom. The summed E-state index contributed by atoms with van der Waals surface area (Å²) in [6.07, 6.45) is 3.75. The molecule has 0 saturated heterocycles. The summed E-state index contributed by atoms with van der Waals surface area (Å²) in [5.41, 5.74) is 0. The molecule has 3 heteroatoms. The normalized spacial score (nSPS) is 15.0. The van der Waals surface area contributed by atoms with Crippen LogP contribution in [0, 0.1) is 0 Å². The zero-order valence-electron chi connectivity index (χ0n) is 11.4. The van der Waals surface area contributed by atoms with Gasteiger partial charge in [-0.15, -0.1) is 0 Å². The fourth-order valence-corrected chi connectivity index (χ4v) is 1.55. The molecule has 0 saturated carbocycles. The van der Waals surface area contributed by atoms with Crippen molar-refractivity contribution < 1.29 is 9.47 Å². The highest BCUT2D eigenvalue weighted by atomic mass is 16.5. The SMILES string of the molecule is CCCNC(CCC)COC(C)COCC. The maximum absolute atomic E-state index is 5.77. The molecule has 98 valence electrons. The molecule has 2 unspecified atom stereocenters. The van der Waals surface area contributed by atoms with Crippen LogP contribution in [0.1, 0.15) is 47.0 Å². The minimum Gasteiger partial charge on any atom is -0.379 e. The van der Waals surface area contributed by atoms with Crippen LogP contribution in [0.4, 0.5) is 0 Å². The van der Waals surface area contributed by atoms with Crippen LogP contribution >= 0.6 is 0 Å². The minimum atomic E-state index is 0.197. The zero-order valence-corrected chi connectivity index (χ0v) is 11.4. The Morgan fingerprint density at radius 2 is 1.81 bits per heavy atom. The van der Waals surface area contributed by atoms with Gasteiger partial charge in [0.2, 0.25) is 0 Å². The van der Waals surface area contributed by atoms with E-state index >= 15 is 0 Å². The largest absolute Gasteiger partial charge is 0.379 e. The maximum Gasteiger partial charge on any atom is 0.0781 e. The molecule has 0 spiro atoms. The Balaban J connectivity index is 3.63. The third kappa shape index (κ3) is 9.13. The number of nitrogens with one attached hydrogen (secondary N) is 1. The van der Waals surface area contributed by atoms with Gasteiger partial charge in [-0.25, -0.2) is 0 Å². The van der Waals surface area contributed by atoms with E-state index in [0.717, 1.165) is 19.8 Å². The van der Waals surface area contributed by atoms with Crippen LogP contribution in [0.5, 0.6) is 0 Å². The highest BCUT2D eigenvalue weighted by molar-refractivity contribution is 4.65. The Labute approximate surface area is 101 Å². The molecule has 0 radical (unpaired) electrons. The van der Waals surface area contributed by atoms with Crippen LogP contribution in [-0.4, -0.2) is 38.5 Å². The first-order valence-corrected chi connectivity index (χ1v) is 6.67. The molecule has 0 aromatic rings.